The van der Waals surface area contributed by atoms with E-state index in [4.69, 9.17) is 9.47 Å². The van der Waals surface area contributed by atoms with Crippen molar-refractivity contribution in [3.05, 3.63) is 59.3 Å². The molecule has 9 heteroatoms. The van der Waals surface area contributed by atoms with Gasteiger partial charge in [-0.05, 0) is 24.1 Å². The van der Waals surface area contributed by atoms with Gasteiger partial charge in [0.25, 0.3) is 5.91 Å². The van der Waals surface area contributed by atoms with E-state index >= 15 is 0 Å². The summed E-state index contributed by atoms with van der Waals surface area (Å²) in [7, 11) is 1.87. The third-order valence-electron chi connectivity index (χ3n) is 5.80. The van der Waals surface area contributed by atoms with Crippen molar-refractivity contribution in [2.45, 2.75) is 31.4 Å². The number of aliphatic hydroxyl groups excluding tert-OH is 1. The molecule has 2 atom stereocenters. The van der Waals surface area contributed by atoms with Gasteiger partial charge in [-0.15, -0.1) is 0 Å². The molecule has 2 aliphatic rings. The topological polar surface area (TPSA) is 111 Å². The average Bonchev–Trinajstić information content (AvgIpc) is 3.45. The Labute approximate surface area is 185 Å². The Hall–Kier alpha value is -3.30. The van der Waals surface area contributed by atoms with Crippen molar-refractivity contribution in [2.75, 3.05) is 19.8 Å². The number of ether oxygens (including phenoxy) is 2. The van der Waals surface area contributed by atoms with Crippen LogP contribution in [0.5, 0.6) is 5.75 Å². The van der Waals surface area contributed by atoms with Crippen molar-refractivity contribution >= 4 is 5.91 Å². The highest BCUT2D eigenvalue weighted by Crippen LogP contribution is 2.31. The minimum absolute atomic E-state index is 0.226. The second kappa shape index (κ2) is 8.68. The Morgan fingerprint density at radius 1 is 1.31 bits per heavy atom. The van der Waals surface area contributed by atoms with Gasteiger partial charge in [0, 0.05) is 50.0 Å². The van der Waals surface area contributed by atoms with E-state index in [9.17, 15) is 9.90 Å². The highest BCUT2D eigenvalue weighted by Gasteiger charge is 2.27. The summed E-state index contributed by atoms with van der Waals surface area (Å²) in [6.07, 6.45) is 6.64. The van der Waals surface area contributed by atoms with Crippen molar-refractivity contribution < 1.29 is 19.4 Å². The van der Waals surface area contributed by atoms with Crippen molar-refractivity contribution in [2.24, 2.45) is 7.05 Å². The number of carbonyl (C=O) groups is 1. The third kappa shape index (κ3) is 4.21. The summed E-state index contributed by atoms with van der Waals surface area (Å²) in [5.74, 6) is 0.459. The third-order valence-corrected chi connectivity index (χ3v) is 5.80. The summed E-state index contributed by atoms with van der Waals surface area (Å²) >= 11 is 0. The Balaban J connectivity index is 1.36. The van der Waals surface area contributed by atoms with Crippen LogP contribution in [0.25, 0.3) is 11.3 Å². The molecular weight excluding hydrogens is 410 g/mol. The number of aromatic nitrogens is 4. The fourth-order valence-corrected chi connectivity index (χ4v) is 4.09. The molecule has 3 aromatic rings. The van der Waals surface area contributed by atoms with Crippen LogP contribution in [0.3, 0.4) is 0 Å². The van der Waals surface area contributed by atoms with E-state index in [1.165, 1.54) is 0 Å². The molecule has 1 saturated heterocycles. The van der Waals surface area contributed by atoms with Crippen LogP contribution in [-0.2, 0) is 24.6 Å². The predicted molar refractivity (Wildman–Crippen MR) is 115 cm³/mol. The number of amides is 1. The van der Waals surface area contributed by atoms with E-state index in [0.29, 0.717) is 38.2 Å². The zero-order chi connectivity index (χ0) is 22.1. The van der Waals surface area contributed by atoms with Gasteiger partial charge in [-0.2, -0.15) is 5.10 Å². The number of nitrogens with one attached hydrogen (secondary N) is 1. The Morgan fingerprint density at radius 2 is 2.22 bits per heavy atom. The normalized spacial score (nSPS) is 19.9. The van der Waals surface area contributed by atoms with Crippen molar-refractivity contribution in [1.82, 2.24) is 25.1 Å². The van der Waals surface area contributed by atoms with E-state index < -0.39 is 6.10 Å². The molecule has 166 valence electrons. The quantitative estimate of drug-likeness (QED) is 0.621. The zero-order valence-corrected chi connectivity index (χ0v) is 17.8. The molecule has 0 radical (unpaired) electrons. The lowest BCUT2D eigenvalue weighted by Gasteiger charge is -2.28. The lowest BCUT2D eigenvalue weighted by molar-refractivity contribution is -0.0261. The van der Waals surface area contributed by atoms with Gasteiger partial charge in [-0.1, -0.05) is 6.07 Å². The Kier molecular flexibility index (Phi) is 5.59. The number of rotatable bonds is 5. The molecule has 1 fully saturated rings. The number of aryl methyl sites for hydroxylation is 1. The molecule has 3 aromatic heterocycles. The van der Waals surface area contributed by atoms with Crippen molar-refractivity contribution in [1.29, 1.82) is 0 Å². The van der Waals surface area contributed by atoms with E-state index in [0.717, 1.165) is 33.8 Å². The van der Waals surface area contributed by atoms with E-state index in [-0.39, 0.29) is 18.6 Å². The van der Waals surface area contributed by atoms with Gasteiger partial charge in [0.05, 0.1) is 42.9 Å². The summed E-state index contributed by atoms with van der Waals surface area (Å²) in [6.45, 7) is 1.29. The molecule has 32 heavy (non-hydrogen) atoms. The van der Waals surface area contributed by atoms with Crippen LogP contribution in [0.2, 0.25) is 0 Å². The van der Waals surface area contributed by atoms with Crippen LogP contribution in [0, 0.1) is 0 Å². The predicted octanol–water partition coefficient (Wildman–Crippen LogP) is 1.28. The molecule has 0 bridgehead atoms. The number of hydrogen-bond acceptors (Lipinski definition) is 7. The van der Waals surface area contributed by atoms with Gasteiger partial charge in [0.2, 0.25) is 0 Å². The van der Waals surface area contributed by atoms with Crippen molar-refractivity contribution in [3.8, 4) is 17.0 Å². The number of nitrogens with zero attached hydrogens (tertiary/aromatic N) is 4. The van der Waals surface area contributed by atoms with Gasteiger partial charge >= 0.3 is 0 Å². The molecule has 0 aliphatic carbocycles. The van der Waals surface area contributed by atoms with Crippen LogP contribution < -0.4 is 10.1 Å². The molecule has 1 amide bonds. The largest absolute Gasteiger partial charge is 0.491 e. The summed E-state index contributed by atoms with van der Waals surface area (Å²) in [6, 6.07) is 5.43. The van der Waals surface area contributed by atoms with Gasteiger partial charge < -0.3 is 19.9 Å². The first-order chi connectivity index (χ1) is 15.6. The number of aliphatic hydroxyl groups is 1. The number of hydrogen-bond donors (Lipinski definition) is 2. The van der Waals surface area contributed by atoms with Crippen LogP contribution >= 0.6 is 0 Å². The molecule has 5 rings (SSSR count). The van der Waals surface area contributed by atoms with Gasteiger partial charge in [-0.25, -0.2) is 4.98 Å². The molecular formula is C23H25N5O4. The van der Waals surface area contributed by atoms with Gasteiger partial charge in [-0.3, -0.25) is 14.5 Å². The maximum absolute atomic E-state index is 12.9. The monoisotopic (exact) mass is 435 g/mol. The molecule has 2 N–H and O–H groups in total. The maximum Gasteiger partial charge on any atom is 0.270 e. The molecule has 9 nitrogen and oxygen atoms in total. The lowest BCUT2D eigenvalue weighted by Crippen LogP contribution is -2.48. The maximum atomic E-state index is 12.9. The summed E-state index contributed by atoms with van der Waals surface area (Å²) in [5, 5.41) is 17.2. The summed E-state index contributed by atoms with van der Waals surface area (Å²) in [4.78, 5) is 22.0. The fourth-order valence-electron chi connectivity index (χ4n) is 4.09. The first-order valence-corrected chi connectivity index (χ1v) is 10.7. The minimum atomic E-state index is -0.714. The van der Waals surface area contributed by atoms with Crippen LogP contribution in [0.15, 0.2) is 36.8 Å². The van der Waals surface area contributed by atoms with E-state index in [1.54, 1.807) is 16.9 Å². The highest BCUT2D eigenvalue weighted by molar-refractivity contribution is 5.93. The SMILES string of the molecule is Cn1cc(-c2ccc(Cc3cc(C(=O)N[C@H]4CCOC[C@@H]4O)nc4c3OCC4)cn2)cn1. The fraction of sp³-hybridized carbons (Fsp3) is 0.391. The second-order valence-corrected chi connectivity index (χ2v) is 8.18. The Morgan fingerprint density at radius 3 is 2.97 bits per heavy atom. The average molecular weight is 435 g/mol. The molecule has 0 saturated carbocycles. The van der Waals surface area contributed by atoms with Crippen LogP contribution in [0.4, 0.5) is 0 Å². The summed E-state index contributed by atoms with van der Waals surface area (Å²) in [5.41, 5.74) is 4.85. The van der Waals surface area contributed by atoms with Gasteiger partial charge in [0.15, 0.2) is 0 Å². The van der Waals surface area contributed by atoms with E-state index in [1.807, 2.05) is 31.6 Å². The number of carbonyl (C=O) groups excluding carboxylic acids is 1. The van der Waals surface area contributed by atoms with E-state index in [2.05, 4.69) is 20.4 Å². The standard InChI is InChI=1S/C23H25N5O4/c1-28-12-16(11-25-28)17-3-2-14(10-24-17)8-15-9-20(26-19-5-7-32-22(15)19)23(30)27-18-4-6-31-13-21(18)29/h2-3,9-12,18,21,29H,4-8,13H2,1H3,(H,27,30)/t18-,21-/m0/s1. The van der Waals surface area contributed by atoms with Crippen LogP contribution in [0.1, 0.15) is 33.7 Å². The molecule has 2 aliphatic heterocycles. The van der Waals surface area contributed by atoms with Crippen molar-refractivity contribution in [3.63, 3.8) is 0 Å². The molecule has 0 aromatic carbocycles. The minimum Gasteiger partial charge on any atom is -0.491 e. The highest BCUT2D eigenvalue weighted by atomic mass is 16.5. The first kappa shape index (κ1) is 20.6. The smallest absolute Gasteiger partial charge is 0.270 e. The zero-order valence-electron chi connectivity index (χ0n) is 17.8. The Bertz CT molecular complexity index is 1130. The molecule has 0 spiro atoms. The first-order valence-electron chi connectivity index (χ1n) is 10.7. The second-order valence-electron chi connectivity index (χ2n) is 8.18. The molecule has 5 heterocycles. The number of pyridine rings is 2. The van der Waals surface area contributed by atoms with Gasteiger partial charge in [0.1, 0.15) is 11.4 Å². The van der Waals surface area contributed by atoms with Crippen LogP contribution in [-0.4, -0.2) is 62.7 Å². The lowest BCUT2D eigenvalue weighted by atomic mass is 10.0. The molecule has 0 unspecified atom stereocenters. The number of fused-ring (bicyclic) bond motifs is 1. The summed E-state index contributed by atoms with van der Waals surface area (Å²) < 4.78 is 12.8.